The predicted molar refractivity (Wildman–Crippen MR) is 98.6 cm³/mol. The van der Waals surface area contributed by atoms with E-state index >= 15 is 0 Å². The molecule has 0 amide bonds. The Kier molecular flexibility index (Phi) is 6.75. The van der Waals surface area contributed by atoms with Crippen LogP contribution in [0.2, 0.25) is 0 Å². The van der Waals surface area contributed by atoms with Crippen LogP contribution in [0.4, 0.5) is 0 Å². The van der Waals surface area contributed by atoms with Gasteiger partial charge in [-0.25, -0.2) is 0 Å². The molecule has 0 aromatic heterocycles. The maximum Gasteiger partial charge on any atom is 0.194 e. The zero-order valence-corrected chi connectivity index (χ0v) is 15.5. The van der Waals surface area contributed by atoms with E-state index in [1.54, 1.807) is 0 Å². The molecule has 3 rings (SSSR count). The molecule has 0 spiro atoms. The van der Waals surface area contributed by atoms with E-state index in [-0.39, 0.29) is 0 Å². The minimum absolute atomic E-state index is 0.640. The summed E-state index contributed by atoms with van der Waals surface area (Å²) in [5.41, 5.74) is 0. The lowest BCUT2D eigenvalue weighted by Crippen LogP contribution is -2.47. The van der Waals surface area contributed by atoms with E-state index in [9.17, 15) is 0 Å². The Morgan fingerprint density at radius 2 is 1.96 bits per heavy atom. The number of morpholine rings is 1. The molecule has 0 saturated carbocycles. The molecule has 0 aromatic rings. The third-order valence-corrected chi connectivity index (χ3v) is 5.72. The summed E-state index contributed by atoms with van der Waals surface area (Å²) in [6, 6.07) is 1.30. The molecule has 0 aromatic carbocycles. The molecule has 3 aliphatic rings. The Morgan fingerprint density at radius 1 is 1.12 bits per heavy atom. The molecule has 138 valence electrons. The minimum atomic E-state index is 0.640. The van der Waals surface area contributed by atoms with E-state index < -0.39 is 0 Å². The van der Waals surface area contributed by atoms with Crippen LogP contribution in [0, 0.1) is 0 Å². The van der Waals surface area contributed by atoms with Crippen molar-refractivity contribution in [3.63, 3.8) is 0 Å². The molecular formula is C18H35N5O. The molecule has 2 atom stereocenters. The lowest BCUT2D eigenvalue weighted by atomic mass is 10.2. The average molecular weight is 338 g/mol. The van der Waals surface area contributed by atoms with E-state index in [0.29, 0.717) is 12.1 Å². The van der Waals surface area contributed by atoms with Crippen LogP contribution < -0.4 is 5.32 Å². The molecule has 0 bridgehead atoms. The number of hydrogen-bond donors (Lipinski definition) is 1. The number of ether oxygens (including phenoxy) is 1. The highest BCUT2D eigenvalue weighted by atomic mass is 16.5. The minimum Gasteiger partial charge on any atom is -0.379 e. The SMILES string of the molecule is CCNC(=NCC1CCCN1CC)N1CCC(N2CCOCC2)C1. The van der Waals surface area contributed by atoms with Crippen molar-refractivity contribution >= 4 is 5.96 Å². The first-order chi connectivity index (χ1) is 11.8. The lowest BCUT2D eigenvalue weighted by Gasteiger charge is -2.32. The molecular weight excluding hydrogens is 302 g/mol. The summed E-state index contributed by atoms with van der Waals surface area (Å²) in [6.45, 7) is 14.9. The van der Waals surface area contributed by atoms with Gasteiger partial charge >= 0.3 is 0 Å². The predicted octanol–water partition coefficient (Wildman–Crippen LogP) is 0.843. The smallest absolute Gasteiger partial charge is 0.194 e. The maximum atomic E-state index is 5.49. The molecule has 3 fully saturated rings. The van der Waals surface area contributed by atoms with Crippen molar-refractivity contribution in [1.82, 2.24) is 20.0 Å². The van der Waals surface area contributed by atoms with Gasteiger partial charge in [-0.2, -0.15) is 0 Å². The molecule has 0 radical (unpaired) electrons. The molecule has 24 heavy (non-hydrogen) atoms. The number of nitrogens with zero attached hydrogens (tertiary/aromatic N) is 4. The summed E-state index contributed by atoms with van der Waals surface area (Å²) >= 11 is 0. The topological polar surface area (TPSA) is 43.3 Å². The average Bonchev–Trinajstić information content (AvgIpc) is 3.28. The molecule has 2 unspecified atom stereocenters. The van der Waals surface area contributed by atoms with E-state index in [2.05, 4.69) is 33.9 Å². The van der Waals surface area contributed by atoms with Gasteiger partial charge in [0.1, 0.15) is 0 Å². The van der Waals surface area contributed by atoms with Crippen molar-refractivity contribution in [3.05, 3.63) is 0 Å². The summed E-state index contributed by atoms with van der Waals surface area (Å²) in [4.78, 5) is 12.6. The third kappa shape index (κ3) is 4.41. The number of guanidine groups is 1. The highest BCUT2D eigenvalue weighted by molar-refractivity contribution is 5.80. The largest absolute Gasteiger partial charge is 0.379 e. The van der Waals surface area contributed by atoms with Crippen molar-refractivity contribution in [1.29, 1.82) is 0 Å². The fraction of sp³-hybridized carbons (Fsp3) is 0.944. The van der Waals surface area contributed by atoms with Gasteiger partial charge in [0, 0.05) is 44.8 Å². The second-order valence-corrected chi connectivity index (χ2v) is 7.16. The van der Waals surface area contributed by atoms with Crippen LogP contribution in [0.3, 0.4) is 0 Å². The van der Waals surface area contributed by atoms with Crippen molar-refractivity contribution in [3.8, 4) is 0 Å². The van der Waals surface area contributed by atoms with Crippen molar-refractivity contribution < 1.29 is 4.74 Å². The van der Waals surface area contributed by atoms with Crippen LogP contribution in [0.5, 0.6) is 0 Å². The summed E-state index contributed by atoms with van der Waals surface area (Å²) in [6.07, 6.45) is 3.87. The van der Waals surface area contributed by atoms with Crippen LogP contribution in [0.1, 0.15) is 33.1 Å². The monoisotopic (exact) mass is 337 g/mol. The fourth-order valence-electron chi connectivity index (χ4n) is 4.31. The molecule has 3 heterocycles. The third-order valence-electron chi connectivity index (χ3n) is 5.72. The number of likely N-dealkylation sites (tertiary alicyclic amines) is 2. The zero-order valence-electron chi connectivity index (χ0n) is 15.5. The van der Waals surface area contributed by atoms with Gasteiger partial charge in [-0.1, -0.05) is 6.92 Å². The van der Waals surface area contributed by atoms with Crippen LogP contribution in [0.25, 0.3) is 0 Å². The summed E-state index contributed by atoms with van der Waals surface area (Å²) in [5, 5.41) is 3.52. The summed E-state index contributed by atoms with van der Waals surface area (Å²) in [5.74, 6) is 1.12. The van der Waals surface area contributed by atoms with Crippen LogP contribution >= 0.6 is 0 Å². The second-order valence-electron chi connectivity index (χ2n) is 7.16. The van der Waals surface area contributed by atoms with Crippen molar-refractivity contribution in [2.75, 3.05) is 65.6 Å². The number of hydrogen-bond acceptors (Lipinski definition) is 4. The van der Waals surface area contributed by atoms with Crippen molar-refractivity contribution in [2.45, 2.75) is 45.2 Å². The van der Waals surface area contributed by atoms with E-state index in [1.807, 2.05) is 0 Å². The van der Waals surface area contributed by atoms with Gasteiger partial charge in [-0.15, -0.1) is 0 Å². The normalized spacial score (nSPS) is 30.2. The van der Waals surface area contributed by atoms with Gasteiger partial charge in [0.25, 0.3) is 0 Å². The van der Waals surface area contributed by atoms with Gasteiger partial charge in [-0.3, -0.25) is 14.8 Å². The molecule has 3 saturated heterocycles. The molecule has 3 aliphatic heterocycles. The van der Waals surface area contributed by atoms with E-state index in [4.69, 9.17) is 9.73 Å². The van der Waals surface area contributed by atoms with E-state index in [0.717, 1.165) is 65.0 Å². The molecule has 1 N–H and O–H groups in total. The van der Waals surface area contributed by atoms with Gasteiger partial charge in [0.15, 0.2) is 5.96 Å². The second kappa shape index (κ2) is 9.02. The van der Waals surface area contributed by atoms with Gasteiger partial charge < -0.3 is 15.0 Å². The Bertz CT molecular complexity index is 410. The number of nitrogens with one attached hydrogen (secondary N) is 1. The molecule has 6 heteroatoms. The van der Waals surface area contributed by atoms with Gasteiger partial charge in [0.05, 0.1) is 19.8 Å². The Labute approximate surface area is 147 Å². The first-order valence-electron chi connectivity index (χ1n) is 9.91. The number of likely N-dealkylation sites (N-methyl/N-ethyl adjacent to an activating group) is 1. The zero-order chi connectivity index (χ0) is 16.8. The summed E-state index contributed by atoms with van der Waals surface area (Å²) < 4.78 is 5.49. The standard InChI is InChI=1S/C18H35N5O/c1-3-19-18(20-14-16-6-5-8-21(16)4-2)23-9-7-17(15-23)22-10-12-24-13-11-22/h16-17H,3-15H2,1-2H3,(H,19,20). The number of aliphatic imine (C=N–C) groups is 1. The van der Waals surface area contributed by atoms with E-state index in [1.165, 1.54) is 25.8 Å². The quantitative estimate of drug-likeness (QED) is 0.595. The fourth-order valence-corrected chi connectivity index (χ4v) is 4.31. The van der Waals surface area contributed by atoms with Gasteiger partial charge in [-0.05, 0) is 39.3 Å². The summed E-state index contributed by atoms with van der Waals surface area (Å²) in [7, 11) is 0. The molecule has 6 nitrogen and oxygen atoms in total. The van der Waals surface area contributed by atoms with Crippen LogP contribution in [-0.2, 0) is 4.74 Å². The van der Waals surface area contributed by atoms with Gasteiger partial charge in [0.2, 0.25) is 0 Å². The first-order valence-corrected chi connectivity index (χ1v) is 9.91. The Hall–Kier alpha value is -0.850. The number of rotatable bonds is 5. The van der Waals surface area contributed by atoms with Crippen LogP contribution in [-0.4, -0.2) is 98.3 Å². The lowest BCUT2D eigenvalue weighted by molar-refractivity contribution is 0.0195. The van der Waals surface area contributed by atoms with Crippen molar-refractivity contribution in [2.24, 2.45) is 4.99 Å². The maximum absolute atomic E-state index is 5.49. The Morgan fingerprint density at radius 3 is 2.71 bits per heavy atom. The van der Waals surface area contributed by atoms with Crippen LogP contribution in [0.15, 0.2) is 4.99 Å². The highest BCUT2D eigenvalue weighted by Crippen LogP contribution is 2.19. The Balaban J connectivity index is 1.55. The highest BCUT2D eigenvalue weighted by Gasteiger charge is 2.30. The first kappa shape index (κ1) is 18.0. The molecule has 0 aliphatic carbocycles.